The van der Waals surface area contributed by atoms with Gasteiger partial charge in [-0.1, -0.05) is 0 Å². The van der Waals surface area contributed by atoms with Gasteiger partial charge in [-0.2, -0.15) is 13.2 Å². The summed E-state index contributed by atoms with van der Waals surface area (Å²) in [5.74, 6) is -0.305. The van der Waals surface area contributed by atoms with Crippen molar-refractivity contribution in [3.8, 4) is 0 Å². The van der Waals surface area contributed by atoms with E-state index in [2.05, 4.69) is 0 Å². The maximum Gasteiger partial charge on any atom is 0.416 e. The number of ether oxygens (including phenoxy) is 1. The Morgan fingerprint density at radius 1 is 1.32 bits per heavy atom. The molecular formula is C13H14F3NO2. The lowest BCUT2D eigenvalue weighted by atomic mass is 10.1. The highest BCUT2D eigenvalue weighted by atomic mass is 19.4. The van der Waals surface area contributed by atoms with Gasteiger partial charge < -0.3 is 9.64 Å². The smallest absolute Gasteiger partial charge is 0.359 e. The van der Waals surface area contributed by atoms with E-state index in [0.717, 1.165) is 18.6 Å². The minimum atomic E-state index is -4.39. The summed E-state index contributed by atoms with van der Waals surface area (Å²) >= 11 is 0. The Kier molecular flexibility index (Phi) is 3.80. The number of alkyl halides is 3. The summed E-state index contributed by atoms with van der Waals surface area (Å²) in [5.41, 5.74) is -0.516. The predicted octanol–water partition coefficient (Wildman–Crippen LogP) is 2.91. The Morgan fingerprint density at radius 2 is 1.95 bits per heavy atom. The van der Waals surface area contributed by atoms with E-state index in [1.54, 1.807) is 6.92 Å². The molecule has 0 aliphatic carbocycles. The molecule has 1 unspecified atom stereocenters. The molecule has 1 aromatic rings. The first-order valence-corrected chi connectivity index (χ1v) is 5.99. The zero-order chi connectivity index (χ0) is 14.0. The number of benzene rings is 1. The van der Waals surface area contributed by atoms with Gasteiger partial charge in [0.15, 0.2) is 0 Å². The second-order valence-electron chi connectivity index (χ2n) is 4.40. The van der Waals surface area contributed by atoms with Crippen molar-refractivity contribution >= 4 is 5.91 Å². The number of carbonyl (C=O) groups excluding carboxylic acids is 1. The largest absolute Gasteiger partial charge is 0.416 e. The Labute approximate surface area is 109 Å². The summed E-state index contributed by atoms with van der Waals surface area (Å²) in [5, 5.41) is 0. The van der Waals surface area contributed by atoms with E-state index in [0.29, 0.717) is 13.2 Å². The zero-order valence-electron chi connectivity index (χ0n) is 10.4. The molecule has 19 heavy (non-hydrogen) atoms. The minimum absolute atomic E-state index is 0.241. The third-order valence-electron chi connectivity index (χ3n) is 3.06. The van der Waals surface area contributed by atoms with Crippen LogP contribution in [-0.2, 0) is 10.9 Å². The lowest BCUT2D eigenvalue weighted by Gasteiger charge is -2.33. The van der Waals surface area contributed by atoms with Crippen LogP contribution in [-0.4, -0.2) is 30.2 Å². The third-order valence-corrected chi connectivity index (χ3v) is 3.06. The van der Waals surface area contributed by atoms with Crippen molar-refractivity contribution in [1.29, 1.82) is 0 Å². The van der Waals surface area contributed by atoms with Gasteiger partial charge in [0, 0.05) is 12.1 Å². The number of nitrogens with zero attached hydrogens (tertiary/aromatic N) is 1. The standard InChI is InChI=1S/C13H14F3NO2/c1-9-17(7-2-8-19-9)12(18)10-3-5-11(6-4-10)13(14,15)16/h3-6,9H,2,7-8H2,1H3. The second kappa shape index (κ2) is 5.21. The first-order chi connectivity index (χ1) is 8.89. The van der Waals surface area contributed by atoms with Gasteiger partial charge in [-0.05, 0) is 37.6 Å². The Morgan fingerprint density at radius 3 is 2.47 bits per heavy atom. The van der Waals surface area contributed by atoms with E-state index in [1.807, 2.05) is 0 Å². The van der Waals surface area contributed by atoms with Crippen LogP contribution in [0.4, 0.5) is 13.2 Å². The highest BCUT2D eigenvalue weighted by molar-refractivity contribution is 5.94. The fourth-order valence-electron chi connectivity index (χ4n) is 1.99. The maximum absolute atomic E-state index is 12.4. The molecular weight excluding hydrogens is 259 g/mol. The molecule has 1 saturated heterocycles. The highest BCUT2D eigenvalue weighted by Gasteiger charge is 2.31. The molecule has 0 N–H and O–H groups in total. The molecule has 0 radical (unpaired) electrons. The quantitative estimate of drug-likeness (QED) is 0.787. The van der Waals surface area contributed by atoms with E-state index in [1.165, 1.54) is 17.0 Å². The van der Waals surface area contributed by atoms with Gasteiger partial charge in [0.05, 0.1) is 12.2 Å². The van der Waals surface area contributed by atoms with E-state index in [9.17, 15) is 18.0 Å². The molecule has 1 fully saturated rings. The van der Waals surface area contributed by atoms with Crippen molar-refractivity contribution in [2.45, 2.75) is 25.7 Å². The fraction of sp³-hybridized carbons (Fsp3) is 0.462. The molecule has 3 nitrogen and oxygen atoms in total. The van der Waals surface area contributed by atoms with Crippen LogP contribution in [0.3, 0.4) is 0 Å². The topological polar surface area (TPSA) is 29.5 Å². The first kappa shape index (κ1) is 13.9. The van der Waals surface area contributed by atoms with Gasteiger partial charge in [-0.25, -0.2) is 0 Å². The number of hydrogen-bond donors (Lipinski definition) is 0. The van der Waals surface area contributed by atoms with Crippen LogP contribution in [0.1, 0.15) is 29.3 Å². The Hall–Kier alpha value is -1.56. The molecule has 0 saturated carbocycles. The van der Waals surface area contributed by atoms with Gasteiger partial charge in [0.25, 0.3) is 5.91 Å². The number of amides is 1. The molecule has 1 amide bonds. The summed E-state index contributed by atoms with van der Waals surface area (Å²) in [4.78, 5) is 13.7. The molecule has 1 atom stereocenters. The van der Waals surface area contributed by atoms with Crippen LogP contribution in [0.25, 0.3) is 0 Å². The lowest BCUT2D eigenvalue weighted by molar-refractivity contribution is -0.137. The SMILES string of the molecule is CC1OCCCN1C(=O)c1ccc(C(F)(F)F)cc1. The summed E-state index contributed by atoms with van der Waals surface area (Å²) in [7, 11) is 0. The van der Waals surface area contributed by atoms with Crippen molar-refractivity contribution in [2.24, 2.45) is 0 Å². The van der Waals surface area contributed by atoms with Gasteiger partial charge >= 0.3 is 6.18 Å². The highest BCUT2D eigenvalue weighted by Crippen LogP contribution is 2.29. The van der Waals surface area contributed by atoms with Gasteiger partial charge in [0.1, 0.15) is 6.23 Å². The summed E-state index contributed by atoms with van der Waals surface area (Å²) in [6.07, 6.45) is -4.00. The number of hydrogen-bond acceptors (Lipinski definition) is 2. The molecule has 1 aromatic carbocycles. The third kappa shape index (κ3) is 3.07. The van der Waals surface area contributed by atoms with E-state index >= 15 is 0 Å². The molecule has 0 aromatic heterocycles. The predicted molar refractivity (Wildman–Crippen MR) is 62.5 cm³/mol. The Balaban J connectivity index is 2.15. The maximum atomic E-state index is 12.4. The monoisotopic (exact) mass is 273 g/mol. The van der Waals surface area contributed by atoms with Crippen molar-refractivity contribution in [3.63, 3.8) is 0 Å². The first-order valence-electron chi connectivity index (χ1n) is 5.99. The van der Waals surface area contributed by atoms with Crippen molar-refractivity contribution < 1.29 is 22.7 Å². The van der Waals surface area contributed by atoms with Crippen LogP contribution in [0.5, 0.6) is 0 Å². The summed E-state index contributed by atoms with van der Waals surface area (Å²) < 4.78 is 42.6. The second-order valence-corrected chi connectivity index (χ2v) is 4.40. The van der Waals surface area contributed by atoms with Crippen LogP contribution < -0.4 is 0 Å². The average molecular weight is 273 g/mol. The molecule has 1 heterocycles. The van der Waals surface area contributed by atoms with E-state index in [-0.39, 0.29) is 17.7 Å². The van der Waals surface area contributed by atoms with Crippen molar-refractivity contribution in [2.75, 3.05) is 13.2 Å². The van der Waals surface area contributed by atoms with E-state index in [4.69, 9.17) is 4.74 Å². The van der Waals surface area contributed by atoms with Crippen LogP contribution in [0.15, 0.2) is 24.3 Å². The number of halogens is 3. The lowest BCUT2D eigenvalue weighted by Crippen LogP contribution is -2.44. The van der Waals surface area contributed by atoms with Gasteiger partial charge in [0.2, 0.25) is 0 Å². The van der Waals surface area contributed by atoms with Gasteiger partial charge in [-0.3, -0.25) is 4.79 Å². The van der Waals surface area contributed by atoms with Gasteiger partial charge in [-0.15, -0.1) is 0 Å². The molecule has 6 heteroatoms. The molecule has 0 bridgehead atoms. The Bertz CT molecular complexity index is 456. The summed E-state index contributed by atoms with van der Waals surface area (Å²) in [6, 6.07) is 4.24. The zero-order valence-corrected chi connectivity index (χ0v) is 10.4. The number of carbonyl (C=O) groups is 1. The number of rotatable bonds is 1. The minimum Gasteiger partial charge on any atom is -0.359 e. The van der Waals surface area contributed by atoms with Crippen molar-refractivity contribution in [3.05, 3.63) is 35.4 Å². The fourth-order valence-corrected chi connectivity index (χ4v) is 1.99. The molecule has 104 valence electrons. The van der Waals surface area contributed by atoms with Crippen LogP contribution in [0.2, 0.25) is 0 Å². The normalized spacial score (nSPS) is 20.4. The molecule has 0 spiro atoms. The average Bonchev–Trinajstić information content (AvgIpc) is 2.38. The molecule has 2 rings (SSSR count). The van der Waals surface area contributed by atoms with Crippen LogP contribution >= 0.6 is 0 Å². The van der Waals surface area contributed by atoms with Crippen molar-refractivity contribution in [1.82, 2.24) is 4.90 Å². The van der Waals surface area contributed by atoms with E-state index < -0.39 is 11.7 Å². The molecule has 1 aliphatic heterocycles. The molecule has 1 aliphatic rings. The summed E-state index contributed by atoms with van der Waals surface area (Å²) in [6.45, 7) is 2.90. The van der Waals surface area contributed by atoms with Crippen LogP contribution in [0, 0.1) is 0 Å².